The fraction of sp³-hybridized carbons (Fsp3) is 0.100. The number of hydrogen-bond donors (Lipinski definition) is 0. The third-order valence-electron chi connectivity index (χ3n) is 1.97. The zero-order valence-corrected chi connectivity index (χ0v) is 10.7. The van der Waals surface area contributed by atoms with Crippen molar-refractivity contribution in [3.63, 3.8) is 0 Å². The summed E-state index contributed by atoms with van der Waals surface area (Å²) in [4.78, 5) is 0. The van der Waals surface area contributed by atoms with Gasteiger partial charge < -0.3 is 0 Å². The van der Waals surface area contributed by atoms with E-state index in [-0.39, 0.29) is 0 Å². The van der Waals surface area contributed by atoms with Gasteiger partial charge in [0.1, 0.15) is 0 Å². The van der Waals surface area contributed by atoms with Gasteiger partial charge in [0.05, 0.1) is 16.4 Å². The Hall–Kier alpha value is -0.610. The Kier molecular flexibility index (Phi) is 2.74. The first-order chi connectivity index (χ1) is 6.66. The molecule has 1 aromatic heterocycles. The van der Waals surface area contributed by atoms with Crippen LogP contribution in [0.5, 0.6) is 0 Å². The molecule has 0 bridgehead atoms. The molecule has 0 saturated heterocycles. The highest BCUT2D eigenvalue weighted by Crippen LogP contribution is 2.20. The van der Waals surface area contributed by atoms with Crippen LogP contribution in [0.25, 0.3) is 5.69 Å². The first-order valence-corrected chi connectivity index (χ1v) is 5.72. The van der Waals surface area contributed by atoms with Gasteiger partial charge in [-0.1, -0.05) is 22.0 Å². The maximum Gasteiger partial charge on any atom is 0.0657 e. The first kappa shape index (κ1) is 9.93. The molecule has 0 radical (unpaired) electrons. The monoisotopic (exact) mass is 314 g/mol. The van der Waals surface area contributed by atoms with E-state index in [1.54, 1.807) is 6.20 Å². The van der Waals surface area contributed by atoms with Crippen molar-refractivity contribution in [1.29, 1.82) is 0 Å². The lowest BCUT2D eigenvalue weighted by atomic mass is 10.2. The molecule has 1 heterocycles. The highest BCUT2D eigenvalue weighted by Gasteiger charge is 2.00. The van der Waals surface area contributed by atoms with Gasteiger partial charge in [0.15, 0.2) is 0 Å². The molecule has 2 aromatic rings. The predicted molar refractivity (Wildman–Crippen MR) is 63.7 cm³/mol. The third-order valence-corrected chi connectivity index (χ3v) is 3.23. The average molecular weight is 316 g/mol. The molecule has 72 valence electrons. The SMILES string of the molecule is Cc1ccc(-n2cc(Br)cn2)cc1Br. The summed E-state index contributed by atoms with van der Waals surface area (Å²) in [5.41, 5.74) is 2.27. The average Bonchev–Trinajstić information content (AvgIpc) is 2.57. The Bertz CT molecular complexity index is 463. The largest absolute Gasteiger partial charge is 0.240 e. The van der Waals surface area contributed by atoms with Crippen LogP contribution in [0.2, 0.25) is 0 Å². The van der Waals surface area contributed by atoms with Crippen molar-refractivity contribution in [2.45, 2.75) is 6.92 Å². The molecule has 0 atom stereocenters. The van der Waals surface area contributed by atoms with Crippen molar-refractivity contribution < 1.29 is 0 Å². The summed E-state index contributed by atoms with van der Waals surface area (Å²) in [6.45, 7) is 2.06. The Morgan fingerprint density at radius 2 is 2.07 bits per heavy atom. The first-order valence-electron chi connectivity index (χ1n) is 4.13. The van der Waals surface area contributed by atoms with Crippen molar-refractivity contribution in [1.82, 2.24) is 9.78 Å². The normalized spacial score (nSPS) is 10.5. The molecule has 0 aliphatic heterocycles. The van der Waals surface area contributed by atoms with Crippen LogP contribution in [-0.4, -0.2) is 9.78 Å². The number of rotatable bonds is 1. The summed E-state index contributed by atoms with van der Waals surface area (Å²) in [6.07, 6.45) is 3.70. The van der Waals surface area contributed by atoms with Gasteiger partial charge in [-0.3, -0.25) is 0 Å². The van der Waals surface area contributed by atoms with Gasteiger partial charge in [0.2, 0.25) is 0 Å². The van der Waals surface area contributed by atoms with Crippen LogP contribution in [0.1, 0.15) is 5.56 Å². The highest BCUT2D eigenvalue weighted by molar-refractivity contribution is 9.10. The van der Waals surface area contributed by atoms with Crippen LogP contribution >= 0.6 is 31.9 Å². The van der Waals surface area contributed by atoms with Gasteiger partial charge in [-0.05, 0) is 40.5 Å². The van der Waals surface area contributed by atoms with Gasteiger partial charge in [0.25, 0.3) is 0 Å². The van der Waals surface area contributed by atoms with Gasteiger partial charge >= 0.3 is 0 Å². The molecule has 0 aliphatic carbocycles. The van der Waals surface area contributed by atoms with Gasteiger partial charge in [-0.25, -0.2) is 4.68 Å². The van der Waals surface area contributed by atoms with Gasteiger partial charge in [-0.15, -0.1) is 0 Å². The summed E-state index contributed by atoms with van der Waals surface area (Å²) in [7, 11) is 0. The van der Waals surface area contributed by atoms with E-state index in [0.717, 1.165) is 14.6 Å². The number of halogens is 2. The van der Waals surface area contributed by atoms with E-state index in [2.05, 4.69) is 56.0 Å². The smallest absolute Gasteiger partial charge is 0.0657 e. The quantitative estimate of drug-likeness (QED) is 0.784. The fourth-order valence-electron chi connectivity index (χ4n) is 1.17. The lowest BCUT2D eigenvalue weighted by Crippen LogP contribution is -1.94. The maximum atomic E-state index is 4.21. The van der Waals surface area contributed by atoms with Crippen molar-refractivity contribution in [2.75, 3.05) is 0 Å². The molecule has 0 saturated carbocycles. The Labute approximate surface area is 99.2 Å². The van der Waals surface area contributed by atoms with Gasteiger partial charge in [-0.2, -0.15) is 5.10 Å². The van der Waals surface area contributed by atoms with Crippen molar-refractivity contribution in [3.8, 4) is 5.69 Å². The summed E-state index contributed by atoms with van der Waals surface area (Å²) < 4.78 is 3.91. The zero-order chi connectivity index (χ0) is 10.1. The van der Waals surface area contributed by atoms with E-state index in [0.29, 0.717) is 0 Å². The summed E-state index contributed by atoms with van der Waals surface area (Å²) in [5, 5.41) is 4.21. The molecule has 0 fully saturated rings. The number of hydrogen-bond acceptors (Lipinski definition) is 1. The third kappa shape index (κ3) is 1.91. The standard InChI is InChI=1S/C10H8Br2N2/c1-7-2-3-9(4-10(7)12)14-6-8(11)5-13-14/h2-6H,1H3. The second-order valence-electron chi connectivity index (χ2n) is 3.04. The maximum absolute atomic E-state index is 4.21. The minimum Gasteiger partial charge on any atom is -0.240 e. The molecule has 0 spiro atoms. The van der Waals surface area contributed by atoms with E-state index in [9.17, 15) is 0 Å². The lowest BCUT2D eigenvalue weighted by Gasteiger charge is -2.03. The van der Waals surface area contributed by atoms with E-state index < -0.39 is 0 Å². The van der Waals surface area contributed by atoms with Crippen LogP contribution < -0.4 is 0 Å². The van der Waals surface area contributed by atoms with Crippen LogP contribution in [-0.2, 0) is 0 Å². The Morgan fingerprint density at radius 1 is 1.29 bits per heavy atom. The van der Waals surface area contributed by atoms with Crippen molar-refractivity contribution in [3.05, 3.63) is 45.1 Å². The molecule has 2 nitrogen and oxygen atoms in total. The van der Waals surface area contributed by atoms with E-state index in [1.807, 2.05) is 16.9 Å². The fourth-order valence-corrected chi connectivity index (χ4v) is 1.82. The summed E-state index contributed by atoms with van der Waals surface area (Å²) in [5.74, 6) is 0. The van der Waals surface area contributed by atoms with Crippen LogP contribution in [0, 0.1) is 6.92 Å². The highest BCUT2D eigenvalue weighted by atomic mass is 79.9. The second-order valence-corrected chi connectivity index (χ2v) is 4.81. The van der Waals surface area contributed by atoms with Crippen LogP contribution in [0.3, 0.4) is 0 Å². The number of benzene rings is 1. The van der Waals surface area contributed by atoms with E-state index in [1.165, 1.54) is 5.56 Å². The molecular weight excluding hydrogens is 308 g/mol. The van der Waals surface area contributed by atoms with E-state index in [4.69, 9.17) is 0 Å². The van der Waals surface area contributed by atoms with Crippen LogP contribution in [0.15, 0.2) is 39.5 Å². The summed E-state index contributed by atoms with van der Waals surface area (Å²) in [6, 6.07) is 6.16. The molecule has 14 heavy (non-hydrogen) atoms. The predicted octanol–water partition coefficient (Wildman–Crippen LogP) is 3.71. The Morgan fingerprint density at radius 3 is 2.64 bits per heavy atom. The molecule has 2 rings (SSSR count). The number of nitrogens with zero attached hydrogens (tertiary/aromatic N) is 2. The van der Waals surface area contributed by atoms with Crippen molar-refractivity contribution in [2.24, 2.45) is 0 Å². The molecular formula is C10H8Br2N2. The molecule has 0 amide bonds. The zero-order valence-electron chi connectivity index (χ0n) is 7.54. The minimum atomic E-state index is 0.981. The molecule has 0 unspecified atom stereocenters. The van der Waals surface area contributed by atoms with E-state index >= 15 is 0 Å². The van der Waals surface area contributed by atoms with Crippen molar-refractivity contribution >= 4 is 31.9 Å². The molecule has 0 aliphatic rings. The number of aromatic nitrogens is 2. The minimum absolute atomic E-state index is 0.981. The molecule has 4 heteroatoms. The Balaban J connectivity index is 2.47. The molecule has 1 aromatic carbocycles. The van der Waals surface area contributed by atoms with Crippen LogP contribution in [0.4, 0.5) is 0 Å². The molecule has 0 N–H and O–H groups in total. The number of aryl methyl sites for hydroxylation is 1. The summed E-state index contributed by atoms with van der Waals surface area (Å²) >= 11 is 6.86. The topological polar surface area (TPSA) is 17.8 Å². The van der Waals surface area contributed by atoms with Gasteiger partial charge in [0, 0.05) is 10.7 Å². The second kappa shape index (κ2) is 3.87. The lowest BCUT2D eigenvalue weighted by molar-refractivity contribution is 0.879.